The molecule has 1 N–H and O–H groups in total. The molecule has 4 atom stereocenters. The first-order valence-corrected chi connectivity index (χ1v) is 11.4. The number of nitrogens with one attached hydrogen (secondary N) is 1. The van der Waals surface area contributed by atoms with E-state index in [0.29, 0.717) is 30.8 Å². The fourth-order valence-corrected chi connectivity index (χ4v) is 4.78. The minimum Gasteiger partial charge on any atom is -0.447 e. The maximum Gasteiger partial charge on any atom is 0.416 e. The summed E-state index contributed by atoms with van der Waals surface area (Å²) in [5.74, 6) is -0.0434. The second-order valence-corrected chi connectivity index (χ2v) is 8.50. The van der Waals surface area contributed by atoms with Crippen LogP contribution in [0, 0.1) is 5.92 Å². The van der Waals surface area contributed by atoms with Crippen LogP contribution in [-0.2, 0) is 15.7 Å². The lowest BCUT2D eigenvalue weighted by molar-refractivity contribution is -0.138. The highest BCUT2D eigenvalue weighted by Crippen LogP contribution is 2.51. The third kappa shape index (κ3) is 4.95. The Labute approximate surface area is 191 Å². The second-order valence-electron chi connectivity index (χ2n) is 8.50. The summed E-state index contributed by atoms with van der Waals surface area (Å²) in [7, 11) is 0. The molecule has 2 aromatic rings. The third-order valence-corrected chi connectivity index (χ3v) is 6.55. The Hall–Kier alpha value is -2.74. The lowest BCUT2D eigenvalue weighted by Crippen LogP contribution is -2.41. The van der Waals surface area contributed by atoms with Crippen molar-refractivity contribution >= 4 is 11.8 Å². The Kier molecular flexibility index (Phi) is 6.83. The molecule has 0 radical (unpaired) electrons. The first kappa shape index (κ1) is 23.4. The molecule has 1 fully saturated rings. The van der Waals surface area contributed by atoms with E-state index in [1.54, 1.807) is 4.90 Å². The van der Waals surface area contributed by atoms with Crippen molar-refractivity contribution in [2.45, 2.75) is 51.1 Å². The van der Waals surface area contributed by atoms with Gasteiger partial charge in [-0.25, -0.2) is 4.79 Å². The maximum atomic E-state index is 13.4. The molecule has 0 spiro atoms. The molecule has 2 heterocycles. The average Bonchev–Trinajstić information content (AvgIpc) is 2.82. The molecule has 2 aliphatic heterocycles. The predicted molar refractivity (Wildman–Crippen MR) is 119 cm³/mol. The molecule has 0 bridgehead atoms. The van der Waals surface area contributed by atoms with Crippen molar-refractivity contribution in [3.63, 3.8) is 0 Å². The average molecular weight is 463 g/mol. The van der Waals surface area contributed by atoms with E-state index in [2.05, 4.69) is 5.32 Å². The van der Waals surface area contributed by atoms with Crippen LogP contribution in [0.3, 0.4) is 0 Å². The summed E-state index contributed by atoms with van der Waals surface area (Å²) in [4.78, 5) is 13.8. The summed E-state index contributed by atoms with van der Waals surface area (Å²) in [6, 6.07) is 13.6. The number of benzene rings is 2. The van der Waals surface area contributed by atoms with Gasteiger partial charge in [0.2, 0.25) is 0 Å². The van der Waals surface area contributed by atoms with Crippen molar-refractivity contribution in [3.05, 3.63) is 65.2 Å². The molecule has 1 saturated heterocycles. The van der Waals surface area contributed by atoms with Gasteiger partial charge in [-0.1, -0.05) is 30.3 Å². The van der Waals surface area contributed by atoms with Gasteiger partial charge in [0.15, 0.2) is 0 Å². The zero-order chi connectivity index (χ0) is 23.6. The molecule has 33 heavy (non-hydrogen) atoms. The van der Waals surface area contributed by atoms with Crippen LogP contribution in [0.2, 0.25) is 0 Å². The van der Waals surface area contributed by atoms with E-state index >= 15 is 0 Å². The van der Waals surface area contributed by atoms with E-state index in [4.69, 9.17) is 9.47 Å². The molecule has 0 aliphatic carbocycles. The number of halogens is 3. The van der Waals surface area contributed by atoms with E-state index in [0.717, 1.165) is 18.1 Å². The Balaban J connectivity index is 1.60. The second kappa shape index (κ2) is 9.63. The quantitative estimate of drug-likeness (QED) is 0.576. The Morgan fingerprint density at radius 1 is 1.12 bits per heavy atom. The maximum absolute atomic E-state index is 13.4. The molecular weight excluding hydrogens is 433 g/mol. The van der Waals surface area contributed by atoms with Gasteiger partial charge in [0.05, 0.1) is 23.8 Å². The number of fused-ring (bicyclic) bond motifs is 3. The van der Waals surface area contributed by atoms with Crippen molar-refractivity contribution in [2.24, 2.45) is 5.92 Å². The standard InChI is InChI=1S/C25H29F3N2O3/c1-3-30(4-2)24(31)32-15-18-11-12-19-22(16-8-6-5-7-9-16)29-21-13-10-17(25(26,27)28)14-20(21)23(19)33-18/h5-10,13-14,18-19,22-23,29H,3-4,11-12,15H2,1-2H3/t18-,19+,22+,23+/m1/s1. The number of amides is 1. The van der Waals surface area contributed by atoms with Gasteiger partial charge in [-0.15, -0.1) is 0 Å². The number of anilines is 1. The van der Waals surface area contributed by atoms with Crippen LogP contribution in [0.1, 0.15) is 55.5 Å². The number of hydrogen-bond donors (Lipinski definition) is 1. The highest BCUT2D eigenvalue weighted by Gasteiger charge is 2.43. The number of ether oxygens (including phenoxy) is 2. The van der Waals surface area contributed by atoms with Crippen molar-refractivity contribution in [1.29, 1.82) is 0 Å². The number of carbonyl (C=O) groups excluding carboxylic acids is 1. The van der Waals surface area contributed by atoms with E-state index in [-0.39, 0.29) is 24.7 Å². The number of nitrogens with zero attached hydrogens (tertiary/aromatic N) is 1. The van der Waals surface area contributed by atoms with Gasteiger partial charge in [-0.3, -0.25) is 0 Å². The minimum absolute atomic E-state index is 0.0434. The zero-order valence-corrected chi connectivity index (χ0v) is 18.8. The smallest absolute Gasteiger partial charge is 0.416 e. The molecule has 4 rings (SSSR count). The number of carbonyl (C=O) groups is 1. The molecule has 0 aromatic heterocycles. The summed E-state index contributed by atoms with van der Waals surface area (Å²) in [6.45, 7) is 4.92. The lowest BCUT2D eigenvalue weighted by Gasteiger charge is -2.45. The minimum atomic E-state index is -4.44. The normalized spacial score (nSPS) is 24.3. The van der Waals surface area contributed by atoms with Crippen LogP contribution in [0.25, 0.3) is 0 Å². The van der Waals surface area contributed by atoms with Crippen molar-refractivity contribution in [3.8, 4) is 0 Å². The predicted octanol–water partition coefficient (Wildman–Crippen LogP) is 6.19. The van der Waals surface area contributed by atoms with Crippen LogP contribution in [0.5, 0.6) is 0 Å². The molecule has 0 saturated carbocycles. The van der Waals surface area contributed by atoms with E-state index < -0.39 is 23.9 Å². The van der Waals surface area contributed by atoms with E-state index in [1.165, 1.54) is 12.1 Å². The van der Waals surface area contributed by atoms with Crippen LogP contribution in [0.15, 0.2) is 48.5 Å². The molecule has 1 amide bonds. The molecule has 8 heteroatoms. The Morgan fingerprint density at radius 2 is 1.85 bits per heavy atom. The van der Waals surface area contributed by atoms with Gasteiger partial charge in [0, 0.05) is 30.3 Å². The summed E-state index contributed by atoms with van der Waals surface area (Å²) in [5, 5.41) is 3.45. The van der Waals surface area contributed by atoms with Gasteiger partial charge in [-0.05, 0) is 50.5 Å². The summed E-state index contributed by atoms with van der Waals surface area (Å²) in [6.07, 6.45) is -4.35. The molecular formula is C25H29F3N2O3. The van der Waals surface area contributed by atoms with Crippen molar-refractivity contribution in [1.82, 2.24) is 4.90 Å². The Bertz CT molecular complexity index is 963. The van der Waals surface area contributed by atoms with Gasteiger partial charge in [-0.2, -0.15) is 13.2 Å². The van der Waals surface area contributed by atoms with Crippen LogP contribution in [0.4, 0.5) is 23.7 Å². The number of hydrogen-bond acceptors (Lipinski definition) is 4. The first-order chi connectivity index (χ1) is 15.8. The van der Waals surface area contributed by atoms with Crippen LogP contribution in [-0.4, -0.2) is 36.8 Å². The molecule has 0 unspecified atom stereocenters. The molecule has 2 aromatic carbocycles. The van der Waals surface area contributed by atoms with Gasteiger partial charge >= 0.3 is 12.3 Å². The highest BCUT2D eigenvalue weighted by atomic mass is 19.4. The van der Waals surface area contributed by atoms with Crippen molar-refractivity contribution < 1.29 is 27.4 Å². The zero-order valence-electron chi connectivity index (χ0n) is 18.8. The summed E-state index contributed by atoms with van der Waals surface area (Å²) in [5.41, 5.74) is 1.51. The van der Waals surface area contributed by atoms with E-state index in [9.17, 15) is 18.0 Å². The molecule has 178 valence electrons. The SMILES string of the molecule is CCN(CC)C(=O)OC[C@H]1CC[C@@H]2[C@H](O1)c1cc(C(F)(F)F)ccc1N[C@H]2c1ccccc1. The lowest BCUT2D eigenvalue weighted by atomic mass is 9.76. The van der Waals surface area contributed by atoms with Crippen LogP contribution >= 0.6 is 0 Å². The summed E-state index contributed by atoms with van der Waals surface area (Å²) < 4.78 is 52.1. The topological polar surface area (TPSA) is 50.8 Å². The monoisotopic (exact) mass is 462 g/mol. The van der Waals surface area contributed by atoms with Crippen molar-refractivity contribution in [2.75, 3.05) is 25.0 Å². The Morgan fingerprint density at radius 3 is 2.52 bits per heavy atom. The fourth-order valence-electron chi connectivity index (χ4n) is 4.78. The highest BCUT2D eigenvalue weighted by molar-refractivity contribution is 5.67. The molecule has 5 nitrogen and oxygen atoms in total. The van der Waals surface area contributed by atoms with Crippen LogP contribution < -0.4 is 5.32 Å². The largest absolute Gasteiger partial charge is 0.447 e. The summed E-state index contributed by atoms with van der Waals surface area (Å²) >= 11 is 0. The van der Waals surface area contributed by atoms with Gasteiger partial charge < -0.3 is 19.7 Å². The number of rotatable bonds is 5. The van der Waals surface area contributed by atoms with Gasteiger partial charge in [0.1, 0.15) is 6.61 Å². The third-order valence-electron chi connectivity index (χ3n) is 6.55. The first-order valence-electron chi connectivity index (χ1n) is 11.4. The van der Waals surface area contributed by atoms with E-state index in [1.807, 2.05) is 44.2 Å². The fraction of sp³-hybridized carbons (Fsp3) is 0.480. The molecule has 2 aliphatic rings. The number of alkyl halides is 3. The van der Waals surface area contributed by atoms with Gasteiger partial charge in [0.25, 0.3) is 0 Å².